The van der Waals surface area contributed by atoms with Crippen LogP contribution < -0.4 is 0 Å². The number of ether oxygens (including phenoxy) is 4. The molecule has 168 valence electrons. The standard InChI is InChI=1S/C23H46O5/c1-5-9-13-25-18-19-17-20(24)22(27-15-11-7-3)23(28-16-12-8-4)21(19)26-14-10-6-2/h19-24H,5-18H2,1-4H3/t19-,20-,21-,22+,23+/m1/s1. The van der Waals surface area contributed by atoms with Gasteiger partial charge in [0.15, 0.2) is 0 Å². The first-order chi connectivity index (χ1) is 13.7. The number of aliphatic hydroxyl groups excluding tert-OH is 1. The summed E-state index contributed by atoms with van der Waals surface area (Å²) in [6, 6.07) is 0. The Morgan fingerprint density at radius 1 is 0.643 bits per heavy atom. The summed E-state index contributed by atoms with van der Waals surface area (Å²) in [7, 11) is 0. The van der Waals surface area contributed by atoms with Gasteiger partial charge in [-0.3, -0.25) is 0 Å². The fourth-order valence-corrected chi connectivity index (χ4v) is 3.61. The number of rotatable bonds is 17. The van der Waals surface area contributed by atoms with Crippen LogP contribution in [0.3, 0.4) is 0 Å². The molecule has 1 aliphatic rings. The van der Waals surface area contributed by atoms with E-state index in [1.54, 1.807) is 0 Å². The van der Waals surface area contributed by atoms with Crippen LogP contribution in [0.15, 0.2) is 0 Å². The van der Waals surface area contributed by atoms with E-state index < -0.39 is 6.10 Å². The lowest BCUT2D eigenvalue weighted by molar-refractivity contribution is -0.216. The third-order valence-corrected chi connectivity index (χ3v) is 5.43. The molecule has 1 aliphatic carbocycles. The quantitative estimate of drug-likeness (QED) is 0.356. The van der Waals surface area contributed by atoms with Gasteiger partial charge in [-0.05, 0) is 32.1 Å². The maximum Gasteiger partial charge on any atom is 0.113 e. The van der Waals surface area contributed by atoms with Crippen LogP contribution in [0.4, 0.5) is 0 Å². The second-order valence-electron chi connectivity index (χ2n) is 8.06. The highest BCUT2D eigenvalue weighted by atomic mass is 16.6. The first kappa shape index (κ1) is 25.8. The Bertz CT molecular complexity index is 352. The Balaban J connectivity index is 2.84. The lowest BCUT2D eigenvalue weighted by Crippen LogP contribution is -2.58. The molecular formula is C23H46O5. The average Bonchev–Trinajstić information content (AvgIpc) is 2.69. The minimum atomic E-state index is -0.533. The van der Waals surface area contributed by atoms with Gasteiger partial charge in [-0.25, -0.2) is 0 Å². The number of hydrogen-bond acceptors (Lipinski definition) is 5. The van der Waals surface area contributed by atoms with Gasteiger partial charge in [-0.1, -0.05) is 53.4 Å². The number of hydrogen-bond donors (Lipinski definition) is 1. The van der Waals surface area contributed by atoms with E-state index in [0.29, 0.717) is 26.2 Å². The van der Waals surface area contributed by atoms with E-state index in [-0.39, 0.29) is 24.2 Å². The molecule has 5 heteroatoms. The Morgan fingerprint density at radius 3 is 1.64 bits per heavy atom. The lowest BCUT2D eigenvalue weighted by Gasteiger charge is -2.44. The predicted molar refractivity (Wildman–Crippen MR) is 114 cm³/mol. The van der Waals surface area contributed by atoms with Crippen LogP contribution in [0.25, 0.3) is 0 Å². The molecule has 5 atom stereocenters. The van der Waals surface area contributed by atoms with Gasteiger partial charge in [0.1, 0.15) is 12.2 Å². The van der Waals surface area contributed by atoms with Gasteiger partial charge < -0.3 is 24.1 Å². The highest BCUT2D eigenvalue weighted by Gasteiger charge is 2.46. The molecule has 28 heavy (non-hydrogen) atoms. The molecular weight excluding hydrogens is 356 g/mol. The van der Waals surface area contributed by atoms with Crippen molar-refractivity contribution in [3.8, 4) is 0 Å². The molecule has 0 unspecified atom stereocenters. The highest BCUT2D eigenvalue weighted by molar-refractivity contribution is 4.96. The molecule has 0 saturated heterocycles. The first-order valence-electron chi connectivity index (χ1n) is 11.8. The monoisotopic (exact) mass is 402 g/mol. The van der Waals surface area contributed by atoms with Crippen molar-refractivity contribution < 1.29 is 24.1 Å². The number of aliphatic hydroxyl groups is 1. The van der Waals surface area contributed by atoms with E-state index in [1.807, 2.05) is 0 Å². The molecule has 1 rings (SSSR count). The van der Waals surface area contributed by atoms with Crippen molar-refractivity contribution in [2.45, 2.75) is 110 Å². The SMILES string of the molecule is CCCCOC[C@H]1C[C@@H](O)[C@H](OCCCC)[C@@H](OCCCC)[C@@H]1OCCCC. The van der Waals surface area contributed by atoms with Crippen LogP contribution in [-0.2, 0) is 18.9 Å². The van der Waals surface area contributed by atoms with Gasteiger partial charge in [-0.2, -0.15) is 0 Å². The second kappa shape index (κ2) is 16.6. The van der Waals surface area contributed by atoms with E-state index in [0.717, 1.165) is 64.6 Å². The summed E-state index contributed by atoms with van der Waals surface area (Å²) in [4.78, 5) is 0. The molecule has 0 amide bonds. The minimum Gasteiger partial charge on any atom is -0.390 e. The average molecular weight is 403 g/mol. The maximum atomic E-state index is 10.8. The summed E-state index contributed by atoms with van der Waals surface area (Å²) in [5, 5.41) is 10.8. The molecule has 0 aromatic heterocycles. The zero-order valence-corrected chi connectivity index (χ0v) is 18.9. The van der Waals surface area contributed by atoms with Gasteiger partial charge in [-0.15, -0.1) is 0 Å². The summed E-state index contributed by atoms with van der Waals surface area (Å²) < 4.78 is 24.6. The largest absolute Gasteiger partial charge is 0.390 e. The van der Waals surface area contributed by atoms with Crippen LogP contribution in [0, 0.1) is 5.92 Å². The minimum absolute atomic E-state index is 0.0833. The van der Waals surface area contributed by atoms with Crippen molar-refractivity contribution >= 4 is 0 Å². The summed E-state index contributed by atoms with van der Waals surface area (Å²) >= 11 is 0. The van der Waals surface area contributed by atoms with Crippen molar-refractivity contribution in [1.29, 1.82) is 0 Å². The second-order valence-corrected chi connectivity index (χ2v) is 8.06. The Hall–Kier alpha value is -0.200. The van der Waals surface area contributed by atoms with Gasteiger partial charge >= 0.3 is 0 Å². The van der Waals surface area contributed by atoms with Gasteiger partial charge in [0, 0.05) is 32.3 Å². The Labute approximate surface area is 173 Å². The van der Waals surface area contributed by atoms with E-state index in [9.17, 15) is 5.11 Å². The topological polar surface area (TPSA) is 57.2 Å². The maximum absolute atomic E-state index is 10.8. The summed E-state index contributed by atoms with van der Waals surface area (Å²) in [5.41, 5.74) is 0. The van der Waals surface area contributed by atoms with E-state index in [2.05, 4.69) is 27.7 Å². The third-order valence-electron chi connectivity index (χ3n) is 5.43. The normalized spacial score (nSPS) is 28.0. The molecule has 0 aromatic carbocycles. The van der Waals surface area contributed by atoms with Crippen LogP contribution >= 0.6 is 0 Å². The van der Waals surface area contributed by atoms with Crippen LogP contribution in [0.5, 0.6) is 0 Å². The molecule has 0 heterocycles. The molecule has 1 saturated carbocycles. The van der Waals surface area contributed by atoms with E-state index in [1.165, 1.54) is 0 Å². The fraction of sp³-hybridized carbons (Fsp3) is 1.00. The summed E-state index contributed by atoms with van der Waals surface area (Å²) in [6.45, 7) is 12.1. The van der Waals surface area contributed by atoms with Gasteiger partial charge in [0.2, 0.25) is 0 Å². The highest BCUT2D eigenvalue weighted by Crippen LogP contribution is 2.33. The molecule has 1 fully saturated rings. The zero-order chi connectivity index (χ0) is 20.6. The van der Waals surface area contributed by atoms with Crippen molar-refractivity contribution in [1.82, 2.24) is 0 Å². The van der Waals surface area contributed by atoms with Crippen LogP contribution in [0.1, 0.15) is 85.5 Å². The van der Waals surface area contributed by atoms with Crippen molar-refractivity contribution in [3.63, 3.8) is 0 Å². The summed E-state index contributed by atoms with van der Waals surface area (Å²) in [5.74, 6) is 0.140. The fourth-order valence-electron chi connectivity index (χ4n) is 3.61. The van der Waals surface area contributed by atoms with Crippen molar-refractivity contribution in [2.24, 2.45) is 5.92 Å². The zero-order valence-electron chi connectivity index (χ0n) is 18.9. The molecule has 0 bridgehead atoms. The molecule has 0 radical (unpaired) electrons. The van der Waals surface area contributed by atoms with Crippen LogP contribution in [-0.4, -0.2) is 62.6 Å². The number of unbranched alkanes of at least 4 members (excludes halogenated alkanes) is 4. The molecule has 5 nitrogen and oxygen atoms in total. The van der Waals surface area contributed by atoms with Crippen molar-refractivity contribution in [2.75, 3.05) is 33.0 Å². The Kier molecular flexibility index (Phi) is 15.3. The third kappa shape index (κ3) is 9.53. The van der Waals surface area contributed by atoms with E-state index >= 15 is 0 Å². The van der Waals surface area contributed by atoms with Gasteiger partial charge in [0.25, 0.3) is 0 Å². The van der Waals surface area contributed by atoms with Crippen molar-refractivity contribution in [3.05, 3.63) is 0 Å². The summed E-state index contributed by atoms with van der Waals surface area (Å²) in [6.07, 6.45) is 7.97. The predicted octanol–water partition coefficient (Wildman–Crippen LogP) is 4.74. The lowest BCUT2D eigenvalue weighted by atomic mass is 9.80. The smallest absolute Gasteiger partial charge is 0.113 e. The molecule has 0 aromatic rings. The molecule has 0 spiro atoms. The van der Waals surface area contributed by atoms with Gasteiger partial charge in [0.05, 0.1) is 18.8 Å². The Morgan fingerprint density at radius 2 is 1.11 bits per heavy atom. The molecule has 1 N–H and O–H groups in total. The van der Waals surface area contributed by atoms with Crippen LogP contribution in [0.2, 0.25) is 0 Å². The molecule has 0 aliphatic heterocycles. The van der Waals surface area contributed by atoms with E-state index in [4.69, 9.17) is 18.9 Å². The first-order valence-corrected chi connectivity index (χ1v) is 11.8.